The molecule has 2 aromatic carbocycles. The monoisotopic (exact) mass is 416 g/mol. The summed E-state index contributed by atoms with van der Waals surface area (Å²) >= 11 is 0. The van der Waals surface area contributed by atoms with Gasteiger partial charge in [-0.15, -0.1) is 0 Å². The molecule has 0 aromatic heterocycles. The summed E-state index contributed by atoms with van der Waals surface area (Å²) in [6.45, 7) is 1.46. The Balaban J connectivity index is 2.00. The number of esters is 1. The van der Waals surface area contributed by atoms with Crippen LogP contribution in [0.5, 0.6) is 17.2 Å². The molecule has 160 valence electrons. The molecule has 0 aliphatic rings. The Bertz CT molecular complexity index is 900. The molecule has 0 heterocycles. The molecule has 0 aliphatic heterocycles. The second-order valence-electron chi connectivity index (χ2n) is 6.27. The highest BCUT2D eigenvalue weighted by Gasteiger charge is 2.20. The number of anilines is 1. The summed E-state index contributed by atoms with van der Waals surface area (Å²) in [5.41, 5.74) is 6.51. The van der Waals surface area contributed by atoms with E-state index in [2.05, 4.69) is 5.32 Å². The van der Waals surface area contributed by atoms with Crippen LogP contribution in [0.3, 0.4) is 0 Å². The van der Waals surface area contributed by atoms with Gasteiger partial charge in [0.15, 0.2) is 17.6 Å². The van der Waals surface area contributed by atoms with Crippen LogP contribution in [0.15, 0.2) is 36.4 Å². The SMILES string of the molecule is COc1cc(CC(=O)O[C@@H](C)C(=O)Nc2ccc(C(N)=O)cc2)cc(OC)c1OC. The van der Waals surface area contributed by atoms with E-state index in [1.165, 1.54) is 52.5 Å². The van der Waals surface area contributed by atoms with E-state index >= 15 is 0 Å². The molecule has 0 aliphatic carbocycles. The normalized spacial score (nSPS) is 11.2. The number of rotatable bonds is 9. The Morgan fingerprint density at radius 3 is 2.00 bits per heavy atom. The molecule has 2 aromatic rings. The van der Waals surface area contributed by atoms with Crippen LogP contribution in [0.1, 0.15) is 22.8 Å². The first-order valence-electron chi connectivity index (χ1n) is 8.98. The molecule has 0 saturated heterocycles. The smallest absolute Gasteiger partial charge is 0.311 e. The fourth-order valence-corrected chi connectivity index (χ4v) is 2.66. The van der Waals surface area contributed by atoms with Crippen molar-refractivity contribution in [2.45, 2.75) is 19.4 Å². The van der Waals surface area contributed by atoms with E-state index in [9.17, 15) is 14.4 Å². The van der Waals surface area contributed by atoms with Crippen molar-refractivity contribution in [2.75, 3.05) is 26.6 Å². The molecule has 1 atom stereocenters. The third-order valence-corrected chi connectivity index (χ3v) is 4.19. The van der Waals surface area contributed by atoms with E-state index in [1.54, 1.807) is 12.1 Å². The molecule has 0 bridgehead atoms. The van der Waals surface area contributed by atoms with Crippen LogP contribution >= 0.6 is 0 Å². The summed E-state index contributed by atoms with van der Waals surface area (Å²) in [4.78, 5) is 35.6. The van der Waals surface area contributed by atoms with Gasteiger partial charge in [-0.1, -0.05) is 0 Å². The number of hydrogen-bond acceptors (Lipinski definition) is 7. The van der Waals surface area contributed by atoms with Crippen molar-refractivity contribution in [3.8, 4) is 17.2 Å². The predicted molar refractivity (Wildman–Crippen MR) is 109 cm³/mol. The molecule has 2 amide bonds. The molecular weight excluding hydrogens is 392 g/mol. The Morgan fingerprint density at radius 1 is 0.967 bits per heavy atom. The minimum atomic E-state index is -1.03. The number of hydrogen-bond donors (Lipinski definition) is 2. The van der Waals surface area contributed by atoms with E-state index in [0.29, 0.717) is 34.1 Å². The zero-order valence-electron chi connectivity index (χ0n) is 17.2. The maximum atomic E-state index is 12.3. The number of primary amides is 1. The van der Waals surface area contributed by atoms with E-state index < -0.39 is 23.9 Å². The Kier molecular flexibility index (Phi) is 7.62. The number of carbonyl (C=O) groups is 3. The largest absolute Gasteiger partial charge is 0.493 e. The molecule has 0 saturated carbocycles. The van der Waals surface area contributed by atoms with E-state index in [1.807, 2.05) is 0 Å². The zero-order chi connectivity index (χ0) is 22.3. The Hall–Kier alpha value is -3.75. The second-order valence-corrected chi connectivity index (χ2v) is 6.27. The summed E-state index contributed by atoms with van der Waals surface area (Å²) in [6, 6.07) is 9.30. The maximum Gasteiger partial charge on any atom is 0.311 e. The number of methoxy groups -OCH3 is 3. The van der Waals surface area contributed by atoms with Gasteiger partial charge in [-0.25, -0.2) is 0 Å². The van der Waals surface area contributed by atoms with Crippen LogP contribution in [-0.4, -0.2) is 45.2 Å². The zero-order valence-corrected chi connectivity index (χ0v) is 17.2. The summed E-state index contributed by atoms with van der Waals surface area (Å²) in [6.07, 6.45) is -1.13. The van der Waals surface area contributed by atoms with Crippen molar-refractivity contribution in [3.63, 3.8) is 0 Å². The third-order valence-electron chi connectivity index (χ3n) is 4.19. The molecule has 9 heteroatoms. The molecule has 0 fully saturated rings. The first kappa shape index (κ1) is 22.5. The van der Waals surface area contributed by atoms with Crippen molar-refractivity contribution < 1.29 is 33.3 Å². The fraction of sp³-hybridized carbons (Fsp3) is 0.286. The minimum absolute atomic E-state index is 0.0956. The van der Waals surface area contributed by atoms with E-state index in [-0.39, 0.29) is 6.42 Å². The summed E-state index contributed by atoms with van der Waals surface area (Å²) in [5, 5.41) is 2.60. The van der Waals surface area contributed by atoms with Gasteiger partial charge in [-0.3, -0.25) is 14.4 Å². The molecule has 0 unspecified atom stereocenters. The van der Waals surface area contributed by atoms with Gasteiger partial charge in [-0.05, 0) is 48.9 Å². The van der Waals surface area contributed by atoms with Crippen LogP contribution < -0.4 is 25.3 Å². The summed E-state index contributed by atoms with van der Waals surface area (Å²) < 4.78 is 21.0. The third kappa shape index (κ3) is 5.63. The lowest BCUT2D eigenvalue weighted by Crippen LogP contribution is -2.30. The number of nitrogens with two attached hydrogens (primary N) is 1. The van der Waals surface area contributed by atoms with Crippen molar-refractivity contribution in [2.24, 2.45) is 5.73 Å². The van der Waals surface area contributed by atoms with Gasteiger partial charge in [0.05, 0.1) is 27.8 Å². The quantitative estimate of drug-likeness (QED) is 0.598. The van der Waals surface area contributed by atoms with E-state index in [0.717, 1.165) is 0 Å². The highest BCUT2D eigenvalue weighted by atomic mass is 16.5. The molecular formula is C21H24N2O7. The van der Waals surface area contributed by atoms with Gasteiger partial charge in [0.1, 0.15) is 0 Å². The van der Waals surface area contributed by atoms with Crippen molar-refractivity contribution in [1.82, 2.24) is 0 Å². The summed E-state index contributed by atoms with van der Waals surface area (Å²) in [5.74, 6) is -0.458. The van der Waals surface area contributed by atoms with Crippen LogP contribution in [0.25, 0.3) is 0 Å². The number of amides is 2. The van der Waals surface area contributed by atoms with Crippen LogP contribution in [0.2, 0.25) is 0 Å². The summed E-state index contributed by atoms with van der Waals surface area (Å²) in [7, 11) is 4.43. The Labute approximate surface area is 174 Å². The van der Waals surface area contributed by atoms with Gasteiger partial charge < -0.3 is 30.0 Å². The topological polar surface area (TPSA) is 126 Å². The molecule has 0 spiro atoms. The van der Waals surface area contributed by atoms with E-state index in [4.69, 9.17) is 24.7 Å². The fourth-order valence-electron chi connectivity index (χ4n) is 2.66. The molecule has 30 heavy (non-hydrogen) atoms. The first-order valence-corrected chi connectivity index (χ1v) is 8.98. The minimum Gasteiger partial charge on any atom is -0.493 e. The maximum absolute atomic E-state index is 12.3. The first-order chi connectivity index (χ1) is 14.3. The highest BCUT2D eigenvalue weighted by molar-refractivity contribution is 5.96. The van der Waals surface area contributed by atoms with Crippen molar-refractivity contribution in [1.29, 1.82) is 0 Å². The number of benzene rings is 2. The highest BCUT2D eigenvalue weighted by Crippen LogP contribution is 2.38. The van der Waals surface area contributed by atoms with Crippen LogP contribution in [0.4, 0.5) is 5.69 Å². The molecule has 9 nitrogen and oxygen atoms in total. The van der Waals surface area contributed by atoms with Gasteiger partial charge in [0, 0.05) is 11.3 Å². The predicted octanol–water partition coefficient (Wildman–Crippen LogP) is 1.92. The number of nitrogens with one attached hydrogen (secondary N) is 1. The van der Waals surface area contributed by atoms with Gasteiger partial charge >= 0.3 is 5.97 Å². The number of ether oxygens (including phenoxy) is 4. The average molecular weight is 416 g/mol. The molecule has 0 radical (unpaired) electrons. The lowest BCUT2D eigenvalue weighted by molar-refractivity contribution is -0.152. The average Bonchev–Trinajstić information content (AvgIpc) is 2.73. The van der Waals surface area contributed by atoms with Gasteiger partial charge in [0.25, 0.3) is 5.91 Å². The van der Waals surface area contributed by atoms with Crippen LogP contribution in [-0.2, 0) is 20.7 Å². The van der Waals surface area contributed by atoms with Gasteiger partial charge in [-0.2, -0.15) is 0 Å². The van der Waals surface area contributed by atoms with Gasteiger partial charge in [0.2, 0.25) is 11.7 Å². The molecule has 2 rings (SSSR count). The van der Waals surface area contributed by atoms with Crippen molar-refractivity contribution in [3.05, 3.63) is 47.5 Å². The Morgan fingerprint density at radius 2 is 1.53 bits per heavy atom. The second kappa shape index (κ2) is 10.1. The van der Waals surface area contributed by atoms with Crippen LogP contribution in [0, 0.1) is 0 Å². The van der Waals surface area contributed by atoms with Crippen molar-refractivity contribution >= 4 is 23.5 Å². The standard InChI is InChI=1S/C21H24N2O7/c1-12(21(26)23-15-7-5-14(6-8-15)20(22)25)30-18(24)11-13-9-16(27-2)19(29-4)17(10-13)28-3/h5-10,12H,11H2,1-4H3,(H2,22,25)(H,23,26)/t12-/m0/s1. The lowest BCUT2D eigenvalue weighted by Gasteiger charge is -2.16. The lowest BCUT2D eigenvalue weighted by atomic mass is 10.1. The number of carbonyl (C=O) groups excluding carboxylic acids is 3. The molecule has 3 N–H and O–H groups in total.